The third kappa shape index (κ3) is 5.81. The van der Waals surface area contributed by atoms with Crippen molar-refractivity contribution in [3.63, 3.8) is 0 Å². The molecule has 5 nitrogen and oxygen atoms in total. The van der Waals surface area contributed by atoms with Gasteiger partial charge in [0.2, 0.25) is 0 Å². The third-order valence-corrected chi connectivity index (χ3v) is 6.75. The van der Waals surface area contributed by atoms with Crippen molar-refractivity contribution in [1.29, 1.82) is 0 Å². The number of amides is 1. The zero-order chi connectivity index (χ0) is 26.3. The molecular formula is C23H24F8N4O. The highest BCUT2D eigenvalue weighted by atomic mass is 19.4. The normalized spacial score (nSPS) is 19.8. The molecule has 1 fully saturated rings. The van der Waals surface area contributed by atoms with Crippen LogP contribution in [0, 0.1) is 11.6 Å². The first-order valence-electron chi connectivity index (χ1n) is 11.5. The molecule has 0 bridgehead atoms. The van der Waals surface area contributed by atoms with Crippen LogP contribution in [0.4, 0.5) is 35.1 Å². The smallest absolute Gasteiger partial charge is 0.337 e. The molecule has 1 aromatic heterocycles. The Morgan fingerprint density at radius 3 is 2.50 bits per heavy atom. The van der Waals surface area contributed by atoms with E-state index in [4.69, 9.17) is 0 Å². The second kappa shape index (κ2) is 9.98. The van der Waals surface area contributed by atoms with Gasteiger partial charge in [0, 0.05) is 56.5 Å². The summed E-state index contributed by atoms with van der Waals surface area (Å²) in [6.45, 7) is 0.540. The number of alkyl halides is 6. The number of aromatic nitrogens is 2. The van der Waals surface area contributed by atoms with E-state index < -0.39 is 53.4 Å². The van der Waals surface area contributed by atoms with Crippen LogP contribution in [0.15, 0.2) is 12.1 Å². The maximum absolute atomic E-state index is 14.1. The van der Waals surface area contributed by atoms with Gasteiger partial charge in [-0.25, -0.2) is 8.78 Å². The predicted molar refractivity (Wildman–Crippen MR) is 112 cm³/mol. The molecule has 2 aliphatic rings. The van der Waals surface area contributed by atoms with Crippen LogP contribution in [0.3, 0.4) is 0 Å². The average molecular weight is 524 g/mol. The molecule has 36 heavy (non-hydrogen) atoms. The number of nitrogens with zero attached hydrogens (tertiary/aromatic N) is 3. The summed E-state index contributed by atoms with van der Waals surface area (Å²) in [7, 11) is 0. The van der Waals surface area contributed by atoms with Crippen molar-refractivity contribution >= 4 is 5.91 Å². The molecular weight excluding hydrogens is 500 g/mol. The molecule has 2 aromatic rings. The highest BCUT2D eigenvalue weighted by Crippen LogP contribution is 2.41. The molecule has 0 saturated carbocycles. The molecule has 3 heterocycles. The Hall–Kier alpha value is -2.70. The quantitative estimate of drug-likeness (QED) is 0.543. The molecule has 1 N–H and O–H groups in total. The number of benzene rings is 1. The van der Waals surface area contributed by atoms with Crippen molar-refractivity contribution in [3.8, 4) is 0 Å². The van der Waals surface area contributed by atoms with Crippen LogP contribution in [-0.4, -0.2) is 58.3 Å². The maximum atomic E-state index is 14.1. The van der Waals surface area contributed by atoms with E-state index in [0.29, 0.717) is 36.7 Å². The number of rotatable bonds is 4. The predicted octanol–water partition coefficient (Wildman–Crippen LogP) is 5.43. The van der Waals surface area contributed by atoms with Crippen molar-refractivity contribution in [2.75, 3.05) is 26.2 Å². The lowest BCUT2D eigenvalue weighted by molar-refractivity contribution is -0.141. The summed E-state index contributed by atoms with van der Waals surface area (Å²) in [6.07, 6.45) is -9.31. The van der Waals surface area contributed by atoms with Crippen molar-refractivity contribution in [1.82, 2.24) is 20.0 Å². The van der Waals surface area contributed by atoms with Crippen molar-refractivity contribution in [3.05, 3.63) is 51.8 Å². The summed E-state index contributed by atoms with van der Waals surface area (Å²) < 4.78 is 106. The van der Waals surface area contributed by atoms with E-state index in [0.717, 1.165) is 0 Å². The van der Waals surface area contributed by atoms with Gasteiger partial charge < -0.3 is 4.90 Å². The fourth-order valence-corrected chi connectivity index (χ4v) is 4.98. The van der Waals surface area contributed by atoms with Gasteiger partial charge in [-0.3, -0.25) is 14.8 Å². The van der Waals surface area contributed by atoms with Gasteiger partial charge in [-0.2, -0.15) is 31.4 Å². The summed E-state index contributed by atoms with van der Waals surface area (Å²) in [5, 5.41) is 6.85. The molecule has 0 spiro atoms. The summed E-state index contributed by atoms with van der Waals surface area (Å²) >= 11 is 0. The molecule has 2 aliphatic heterocycles. The van der Waals surface area contributed by atoms with Crippen LogP contribution in [0.25, 0.3) is 0 Å². The summed E-state index contributed by atoms with van der Waals surface area (Å²) in [5.74, 6) is -4.07. The van der Waals surface area contributed by atoms with E-state index in [2.05, 4.69) is 10.2 Å². The number of likely N-dealkylation sites (tertiary alicyclic amines) is 1. The zero-order valence-corrected chi connectivity index (χ0v) is 19.1. The molecule has 1 saturated heterocycles. The minimum Gasteiger partial charge on any atom is -0.337 e. The van der Waals surface area contributed by atoms with E-state index in [1.54, 1.807) is 4.90 Å². The fraction of sp³-hybridized carbons (Fsp3) is 0.565. The number of hydrogen-bond acceptors (Lipinski definition) is 3. The highest BCUT2D eigenvalue weighted by molar-refractivity contribution is 5.94. The van der Waals surface area contributed by atoms with Crippen LogP contribution in [0.2, 0.25) is 0 Å². The number of carbonyl (C=O) groups is 1. The third-order valence-electron chi connectivity index (χ3n) is 6.75. The minimum atomic E-state index is -5.00. The van der Waals surface area contributed by atoms with Crippen molar-refractivity contribution in [2.24, 2.45) is 0 Å². The number of aromatic amines is 1. The Bertz CT molecular complexity index is 1110. The summed E-state index contributed by atoms with van der Waals surface area (Å²) in [4.78, 5) is 16.3. The highest BCUT2D eigenvalue weighted by Gasteiger charge is 2.40. The zero-order valence-electron chi connectivity index (χ0n) is 19.1. The van der Waals surface area contributed by atoms with Gasteiger partial charge >= 0.3 is 12.4 Å². The molecule has 1 unspecified atom stereocenters. The van der Waals surface area contributed by atoms with Crippen molar-refractivity contribution in [2.45, 2.75) is 56.9 Å². The topological polar surface area (TPSA) is 52.2 Å². The van der Waals surface area contributed by atoms with Crippen molar-refractivity contribution < 1.29 is 39.9 Å². The van der Waals surface area contributed by atoms with Crippen LogP contribution in [0.5, 0.6) is 0 Å². The van der Waals surface area contributed by atoms with E-state index >= 15 is 0 Å². The van der Waals surface area contributed by atoms with E-state index in [1.807, 2.05) is 0 Å². The number of hydrogen-bond donors (Lipinski definition) is 1. The molecule has 0 aliphatic carbocycles. The number of fused-ring (bicyclic) bond motifs is 1. The number of H-pyrrole nitrogens is 1. The largest absolute Gasteiger partial charge is 0.419 e. The monoisotopic (exact) mass is 524 g/mol. The molecule has 1 aromatic carbocycles. The molecule has 0 radical (unpaired) electrons. The molecule has 1 atom stereocenters. The van der Waals surface area contributed by atoms with Gasteiger partial charge in [-0.15, -0.1) is 0 Å². The standard InChI is InChI=1S/C23H24F8N4O/c24-14-10-15(19(17(25)11-14)23(29,30)31)13-2-1-6-35(8-3-13)21(36)20-16-12-34(9-5-22(26,27)28)7-4-18(16)32-33-20/h10-11,13H,1-9,12H2,(H,32,33). The fourth-order valence-electron chi connectivity index (χ4n) is 4.98. The summed E-state index contributed by atoms with van der Waals surface area (Å²) in [5.41, 5.74) is -0.700. The molecule has 1 amide bonds. The second-order valence-electron chi connectivity index (χ2n) is 9.19. The Kier molecular flexibility index (Phi) is 7.31. The Labute approximate surface area is 201 Å². The van der Waals surface area contributed by atoms with Gasteiger partial charge in [0.1, 0.15) is 11.6 Å². The summed E-state index contributed by atoms with van der Waals surface area (Å²) in [6, 6.07) is 0.908. The minimum absolute atomic E-state index is 0.0400. The average Bonchev–Trinajstić information content (AvgIpc) is 3.02. The Balaban J connectivity index is 1.49. The molecule has 198 valence electrons. The SMILES string of the molecule is O=C(c1n[nH]c2c1CN(CCC(F)(F)F)CC2)N1CCCC(c2cc(F)cc(F)c2C(F)(F)F)CC1. The number of halogens is 8. The first kappa shape index (κ1) is 26.4. The van der Waals surface area contributed by atoms with Gasteiger partial charge in [-0.05, 0) is 36.8 Å². The maximum Gasteiger partial charge on any atom is 0.419 e. The van der Waals surface area contributed by atoms with Gasteiger partial charge in [0.25, 0.3) is 5.91 Å². The lowest BCUT2D eigenvalue weighted by Gasteiger charge is -2.28. The molecule has 13 heteroatoms. The Morgan fingerprint density at radius 2 is 1.81 bits per heavy atom. The van der Waals surface area contributed by atoms with E-state index in [9.17, 15) is 39.9 Å². The van der Waals surface area contributed by atoms with Gasteiger partial charge in [0.05, 0.1) is 12.0 Å². The van der Waals surface area contributed by atoms with Crippen LogP contribution >= 0.6 is 0 Å². The van der Waals surface area contributed by atoms with Crippen LogP contribution < -0.4 is 0 Å². The lowest BCUT2D eigenvalue weighted by atomic mass is 9.88. The first-order chi connectivity index (χ1) is 16.8. The van der Waals surface area contributed by atoms with E-state index in [1.165, 1.54) is 4.90 Å². The van der Waals surface area contributed by atoms with Crippen LogP contribution in [-0.2, 0) is 19.1 Å². The van der Waals surface area contributed by atoms with Gasteiger partial charge in [-0.1, -0.05) is 0 Å². The first-order valence-corrected chi connectivity index (χ1v) is 11.5. The molecule has 4 rings (SSSR count). The Morgan fingerprint density at radius 1 is 1.06 bits per heavy atom. The van der Waals surface area contributed by atoms with Crippen LogP contribution in [0.1, 0.15) is 64.5 Å². The lowest BCUT2D eigenvalue weighted by Crippen LogP contribution is -2.36. The second-order valence-corrected chi connectivity index (χ2v) is 9.19. The van der Waals surface area contributed by atoms with E-state index in [-0.39, 0.29) is 50.8 Å². The number of nitrogens with one attached hydrogen (secondary N) is 1. The van der Waals surface area contributed by atoms with Gasteiger partial charge in [0.15, 0.2) is 5.69 Å². The number of carbonyl (C=O) groups excluding carboxylic acids is 1.